The van der Waals surface area contributed by atoms with E-state index < -0.39 is 28.8 Å². The lowest BCUT2D eigenvalue weighted by Crippen LogP contribution is -2.56. The number of ether oxygens (including phenoxy) is 1. The molecular weight excluding hydrogens is 308 g/mol. The summed E-state index contributed by atoms with van der Waals surface area (Å²) in [6.07, 6.45) is 3.96. The predicted molar refractivity (Wildman–Crippen MR) is 89.1 cm³/mol. The molecule has 0 spiro atoms. The van der Waals surface area contributed by atoms with Crippen LogP contribution in [-0.4, -0.2) is 26.9 Å². The molecule has 132 valence electrons. The number of benzene rings is 1. The molecule has 0 saturated heterocycles. The molecule has 2 saturated carbocycles. The minimum Gasteiger partial charge on any atom is -0.504 e. The average Bonchev–Trinajstić information content (AvgIpc) is 2.98. The topological polar surface area (TPSA) is 87.0 Å². The summed E-state index contributed by atoms with van der Waals surface area (Å²) in [5.41, 5.74) is -0.737. The maximum Gasteiger partial charge on any atom is 0.338 e. The molecule has 2 bridgehead atoms. The van der Waals surface area contributed by atoms with E-state index in [4.69, 9.17) is 4.74 Å². The van der Waals surface area contributed by atoms with Crippen LogP contribution in [0.3, 0.4) is 0 Å². The van der Waals surface area contributed by atoms with E-state index in [1.54, 1.807) is 0 Å². The largest absolute Gasteiger partial charge is 0.504 e. The molecule has 2 fully saturated rings. The first-order valence-electron chi connectivity index (χ1n) is 8.56. The minimum atomic E-state index is -0.635. The number of phenolic OH excluding ortho intramolecular Hbond substituents is 3. The smallest absolute Gasteiger partial charge is 0.338 e. The normalized spacial score (nSPS) is 33.6. The molecule has 1 aromatic carbocycles. The lowest BCUT2D eigenvalue weighted by molar-refractivity contribution is -0.151. The zero-order valence-electron chi connectivity index (χ0n) is 14.7. The Balaban J connectivity index is 1.98. The number of carbonyl (C=O) groups is 1. The maximum absolute atomic E-state index is 12.8. The fourth-order valence-corrected chi connectivity index (χ4v) is 5.48. The molecule has 3 N–H and O–H groups in total. The highest BCUT2D eigenvalue weighted by molar-refractivity contribution is 5.91. The molecule has 0 amide bonds. The second-order valence-electron chi connectivity index (χ2n) is 8.16. The maximum atomic E-state index is 12.8. The van der Waals surface area contributed by atoms with Crippen molar-refractivity contribution in [2.75, 3.05) is 0 Å². The molecular formula is C19H26O5. The number of hydrogen-bond donors (Lipinski definition) is 3. The average molecular weight is 334 g/mol. The summed E-state index contributed by atoms with van der Waals surface area (Å²) in [6.45, 7) is 8.59. The molecule has 2 aliphatic carbocycles. The van der Waals surface area contributed by atoms with Gasteiger partial charge in [0.2, 0.25) is 0 Å². The van der Waals surface area contributed by atoms with E-state index in [0.29, 0.717) is 5.92 Å². The van der Waals surface area contributed by atoms with Gasteiger partial charge in [-0.2, -0.15) is 0 Å². The van der Waals surface area contributed by atoms with E-state index in [9.17, 15) is 20.1 Å². The van der Waals surface area contributed by atoms with Gasteiger partial charge in [-0.3, -0.25) is 0 Å². The highest BCUT2D eigenvalue weighted by Gasteiger charge is 2.70. The van der Waals surface area contributed by atoms with E-state index in [1.807, 2.05) is 6.92 Å². The lowest BCUT2D eigenvalue weighted by atomic mass is 9.59. The molecule has 5 heteroatoms. The van der Waals surface area contributed by atoms with E-state index in [-0.39, 0.29) is 16.4 Å². The molecule has 24 heavy (non-hydrogen) atoms. The summed E-state index contributed by atoms with van der Waals surface area (Å²) >= 11 is 0. The number of rotatable bonds is 3. The molecule has 3 unspecified atom stereocenters. The Labute approximate surface area is 142 Å². The van der Waals surface area contributed by atoms with Gasteiger partial charge in [-0.25, -0.2) is 4.79 Å². The van der Waals surface area contributed by atoms with E-state index in [2.05, 4.69) is 20.8 Å². The first-order valence-corrected chi connectivity index (χ1v) is 8.56. The van der Waals surface area contributed by atoms with Crippen molar-refractivity contribution in [2.45, 2.75) is 59.0 Å². The number of esters is 1. The Morgan fingerprint density at radius 1 is 1.21 bits per heavy atom. The third-order valence-corrected chi connectivity index (χ3v) is 6.85. The first kappa shape index (κ1) is 16.9. The third-order valence-electron chi connectivity index (χ3n) is 6.85. The second kappa shape index (κ2) is 5.04. The van der Waals surface area contributed by atoms with Gasteiger partial charge >= 0.3 is 5.97 Å². The van der Waals surface area contributed by atoms with Crippen molar-refractivity contribution in [1.82, 2.24) is 0 Å². The monoisotopic (exact) mass is 334 g/mol. The van der Waals surface area contributed by atoms with Gasteiger partial charge in [0.05, 0.1) is 5.56 Å². The van der Waals surface area contributed by atoms with Crippen molar-refractivity contribution in [1.29, 1.82) is 0 Å². The fourth-order valence-electron chi connectivity index (χ4n) is 5.48. The van der Waals surface area contributed by atoms with Crippen LogP contribution in [0, 0.1) is 16.7 Å². The summed E-state index contributed by atoms with van der Waals surface area (Å²) in [5.74, 6) is -1.76. The zero-order valence-corrected chi connectivity index (χ0v) is 14.7. The fraction of sp³-hybridized carbons (Fsp3) is 0.632. The van der Waals surface area contributed by atoms with Crippen molar-refractivity contribution in [3.63, 3.8) is 0 Å². The summed E-state index contributed by atoms with van der Waals surface area (Å²) < 4.78 is 6.09. The molecule has 1 aromatic rings. The van der Waals surface area contributed by atoms with Gasteiger partial charge in [-0.1, -0.05) is 27.7 Å². The van der Waals surface area contributed by atoms with Crippen molar-refractivity contribution in [3.8, 4) is 17.2 Å². The van der Waals surface area contributed by atoms with Gasteiger partial charge in [0, 0.05) is 10.8 Å². The molecule has 0 heterocycles. The Bertz CT molecular complexity index is 665. The van der Waals surface area contributed by atoms with Crippen LogP contribution in [0.5, 0.6) is 17.2 Å². The van der Waals surface area contributed by atoms with Gasteiger partial charge in [0.15, 0.2) is 17.2 Å². The van der Waals surface area contributed by atoms with Crippen LogP contribution < -0.4 is 0 Å². The van der Waals surface area contributed by atoms with E-state index in [0.717, 1.165) is 37.8 Å². The van der Waals surface area contributed by atoms with Crippen molar-refractivity contribution in [3.05, 3.63) is 17.7 Å². The first-order chi connectivity index (χ1) is 11.1. The van der Waals surface area contributed by atoms with Crippen LogP contribution in [0.25, 0.3) is 0 Å². The molecule has 0 radical (unpaired) electrons. The number of fused-ring (bicyclic) bond motifs is 2. The molecule has 3 rings (SSSR count). The van der Waals surface area contributed by atoms with E-state index >= 15 is 0 Å². The van der Waals surface area contributed by atoms with Gasteiger partial charge < -0.3 is 20.1 Å². The molecule has 0 aliphatic heterocycles. The quantitative estimate of drug-likeness (QED) is 0.575. The number of hydrogen-bond acceptors (Lipinski definition) is 5. The Morgan fingerprint density at radius 2 is 1.79 bits per heavy atom. The number of phenols is 3. The SMILES string of the molecule is CCC1(OC(=O)c2cc(O)c(O)c(O)c2)C2(C)CCC(C2)C1(C)C. The summed E-state index contributed by atoms with van der Waals surface area (Å²) in [5, 5.41) is 28.8. The van der Waals surface area contributed by atoms with Gasteiger partial charge in [-0.05, 0) is 43.7 Å². The molecule has 2 aliphatic rings. The van der Waals surface area contributed by atoms with Gasteiger partial charge in [0.25, 0.3) is 0 Å². The lowest BCUT2D eigenvalue weighted by Gasteiger charge is -2.53. The van der Waals surface area contributed by atoms with Crippen LogP contribution >= 0.6 is 0 Å². The third kappa shape index (κ3) is 1.96. The molecule has 3 atom stereocenters. The van der Waals surface area contributed by atoms with Crippen LogP contribution in [0.2, 0.25) is 0 Å². The van der Waals surface area contributed by atoms with Crippen LogP contribution in [-0.2, 0) is 4.74 Å². The van der Waals surface area contributed by atoms with Crippen LogP contribution in [0.15, 0.2) is 12.1 Å². The Hall–Kier alpha value is -1.91. The van der Waals surface area contributed by atoms with Crippen LogP contribution in [0.4, 0.5) is 0 Å². The van der Waals surface area contributed by atoms with Crippen molar-refractivity contribution in [2.24, 2.45) is 16.7 Å². The van der Waals surface area contributed by atoms with Gasteiger partial charge in [-0.15, -0.1) is 0 Å². The minimum absolute atomic E-state index is 0.0396. The summed E-state index contributed by atoms with van der Waals surface area (Å²) in [6, 6.07) is 2.26. The molecule has 0 aromatic heterocycles. The Kier molecular flexibility index (Phi) is 3.56. The highest BCUT2D eigenvalue weighted by atomic mass is 16.6. The second-order valence-corrected chi connectivity index (χ2v) is 8.16. The van der Waals surface area contributed by atoms with E-state index in [1.165, 1.54) is 0 Å². The highest BCUT2D eigenvalue weighted by Crippen LogP contribution is 2.70. The summed E-state index contributed by atoms with van der Waals surface area (Å²) in [7, 11) is 0. The number of aromatic hydroxyl groups is 3. The summed E-state index contributed by atoms with van der Waals surface area (Å²) in [4.78, 5) is 12.8. The van der Waals surface area contributed by atoms with Crippen molar-refractivity contribution < 1.29 is 24.9 Å². The van der Waals surface area contributed by atoms with Gasteiger partial charge in [0.1, 0.15) is 5.60 Å². The number of carbonyl (C=O) groups excluding carboxylic acids is 1. The predicted octanol–water partition coefficient (Wildman–Crippen LogP) is 3.96. The van der Waals surface area contributed by atoms with Crippen LogP contribution in [0.1, 0.15) is 63.7 Å². The zero-order chi connectivity index (χ0) is 17.9. The Morgan fingerprint density at radius 3 is 2.25 bits per heavy atom. The standard InChI is InChI=1S/C19H26O5/c1-5-19(17(2,3)12-6-7-18(19,4)10-12)24-16(23)11-8-13(20)15(22)14(21)9-11/h8-9,12,20-22H,5-7,10H2,1-4H3. The van der Waals surface area contributed by atoms with Crippen molar-refractivity contribution >= 4 is 5.97 Å². The molecule has 5 nitrogen and oxygen atoms in total.